The number of rotatable bonds is 5. The van der Waals surface area contributed by atoms with Crippen LogP contribution in [0, 0.1) is 20.8 Å². The van der Waals surface area contributed by atoms with E-state index in [2.05, 4.69) is 0 Å². The van der Waals surface area contributed by atoms with Crippen molar-refractivity contribution < 1.29 is 20.1 Å². The van der Waals surface area contributed by atoms with Gasteiger partial charge in [-0.25, -0.2) is 0 Å². The predicted octanol–water partition coefficient (Wildman–Crippen LogP) is 6.99. The Morgan fingerprint density at radius 1 is 0.656 bits per heavy atom. The zero-order valence-electron chi connectivity index (χ0n) is 18.2. The molecule has 4 aromatic carbocycles. The molecule has 4 rings (SSSR count). The van der Waals surface area contributed by atoms with E-state index in [1.54, 1.807) is 35.2 Å². The molecule has 162 valence electrons. The van der Waals surface area contributed by atoms with E-state index in [0.29, 0.717) is 22.9 Å². The van der Waals surface area contributed by atoms with Gasteiger partial charge in [-0.2, -0.15) is 0 Å². The fourth-order valence-electron chi connectivity index (χ4n) is 3.54. The molecule has 5 heteroatoms. The maximum absolute atomic E-state index is 10.6. The second kappa shape index (κ2) is 8.55. The minimum absolute atomic E-state index is 0.0986. The van der Waals surface area contributed by atoms with Gasteiger partial charge in [0.2, 0.25) is 0 Å². The largest absolute Gasteiger partial charge is 0.506 e. The van der Waals surface area contributed by atoms with Crippen molar-refractivity contribution >= 4 is 17.1 Å². The van der Waals surface area contributed by atoms with E-state index in [1.165, 1.54) is 0 Å². The third-order valence-electron chi connectivity index (χ3n) is 5.27. The molecule has 0 heterocycles. The summed E-state index contributed by atoms with van der Waals surface area (Å²) in [5.41, 5.74) is 4.52. The summed E-state index contributed by atoms with van der Waals surface area (Å²) >= 11 is 0. The summed E-state index contributed by atoms with van der Waals surface area (Å²) in [4.78, 5) is 1.80. The molecule has 0 fully saturated rings. The van der Waals surface area contributed by atoms with Crippen LogP contribution in [-0.4, -0.2) is 15.3 Å². The first-order chi connectivity index (χ1) is 15.3. The van der Waals surface area contributed by atoms with E-state index in [-0.39, 0.29) is 17.2 Å². The molecular formula is C27H25NO4. The topological polar surface area (TPSA) is 73.2 Å². The van der Waals surface area contributed by atoms with Crippen LogP contribution in [0.15, 0.2) is 78.9 Å². The van der Waals surface area contributed by atoms with Gasteiger partial charge in [0, 0.05) is 5.69 Å². The molecule has 0 bridgehead atoms. The lowest BCUT2D eigenvalue weighted by molar-refractivity contribution is 0.408. The second-order valence-electron chi connectivity index (χ2n) is 7.84. The maximum atomic E-state index is 10.6. The Balaban J connectivity index is 1.77. The van der Waals surface area contributed by atoms with Gasteiger partial charge < -0.3 is 25.0 Å². The molecule has 5 nitrogen and oxygen atoms in total. The van der Waals surface area contributed by atoms with Gasteiger partial charge in [-0.3, -0.25) is 0 Å². The molecule has 0 aliphatic heterocycles. The summed E-state index contributed by atoms with van der Waals surface area (Å²) in [6.45, 7) is 5.71. The average molecular weight is 428 g/mol. The third kappa shape index (κ3) is 4.18. The van der Waals surface area contributed by atoms with Crippen LogP contribution in [-0.2, 0) is 0 Å². The van der Waals surface area contributed by atoms with Crippen LogP contribution in [0.5, 0.6) is 28.7 Å². The number of hydrogen-bond donors (Lipinski definition) is 3. The Bertz CT molecular complexity index is 1210. The van der Waals surface area contributed by atoms with Crippen molar-refractivity contribution in [2.45, 2.75) is 20.8 Å². The highest BCUT2D eigenvalue weighted by Crippen LogP contribution is 2.44. The molecular weight excluding hydrogens is 402 g/mol. The minimum atomic E-state index is 0.0986. The number of para-hydroxylation sites is 1. The Morgan fingerprint density at radius 2 is 1.22 bits per heavy atom. The Morgan fingerprint density at radius 3 is 1.78 bits per heavy atom. The maximum Gasteiger partial charge on any atom is 0.169 e. The fraction of sp³-hybridized carbons (Fsp3) is 0.111. The van der Waals surface area contributed by atoms with Crippen molar-refractivity contribution in [3.05, 3.63) is 95.6 Å². The SMILES string of the molecule is Cc1ccc(O)c(N(c2ccc(Oc3cccc(C)c3O)cc2)c2cc(C)ccc2O)c1. The number of phenols is 3. The van der Waals surface area contributed by atoms with Crippen LogP contribution in [0.1, 0.15) is 16.7 Å². The first-order valence-corrected chi connectivity index (χ1v) is 10.3. The number of aryl methyl sites for hydroxylation is 3. The smallest absolute Gasteiger partial charge is 0.169 e. The zero-order valence-corrected chi connectivity index (χ0v) is 18.2. The molecule has 4 aromatic rings. The highest BCUT2D eigenvalue weighted by Gasteiger charge is 2.20. The molecule has 0 saturated carbocycles. The van der Waals surface area contributed by atoms with Crippen molar-refractivity contribution in [2.75, 3.05) is 4.90 Å². The molecule has 0 saturated heterocycles. The van der Waals surface area contributed by atoms with E-state index in [1.807, 2.05) is 69.3 Å². The number of hydrogen-bond acceptors (Lipinski definition) is 5. The first-order valence-electron chi connectivity index (χ1n) is 10.3. The van der Waals surface area contributed by atoms with Gasteiger partial charge in [0.25, 0.3) is 0 Å². The van der Waals surface area contributed by atoms with Gasteiger partial charge in [-0.15, -0.1) is 0 Å². The molecule has 0 aliphatic rings. The van der Waals surface area contributed by atoms with E-state index in [0.717, 1.165) is 22.4 Å². The molecule has 0 radical (unpaired) electrons. The Kier molecular flexibility index (Phi) is 5.65. The lowest BCUT2D eigenvalue weighted by Crippen LogP contribution is -2.11. The summed E-state index contributed by atoms with van der Waals surface area (Å²) in [7, 11) is 0. The van der Waals surface area contributed by atoms with Crippen molar-refractivity contribution in [2.24, 2.45) is 0 Å². The fourth-order valence-corrected chi connectivity index (χ4v) is 3.54. The zero-order chi connectivity index (χ0) is 22.8. The van der Waals surface area contributed by atoms with E-state index in [9.17, 15) is 15.3 Å². The molecule has 0 unspecified atom stereocenters. The van der Waals surface area contributed by atoms with Gasteiger partial charge in [0.15, 0.2) is 11.5 Å². The van der Waals surface area contributed by atoms with Gasteiger partial charge >= 0.3 is 0 Å². The normalized spacial score (nSPS) is 10.7. The van der Waals surface area contributed by atoms with Gasteiger partial charge in [-0.05, 0) is 92.1 Å². The van der Waals surface area contributed by atoms with E-state index >= 15 is 0 Å². The van der Waals surface area contributed by atoms with E-state index in [4.69, 9.17) is 4.74 Å². The minimum Gasteiger partial charge on any atom is -0.506 e. The van der Waals surface area contributed by atoms with Crippen LogP contribution in [0.3, 0.4) is 0 Å². The number of ether oxygens (including phenoxy) is 1. The van der Waals surface area contributed by atoms with Crippen LogP contribution in [0.25, 0.3) is 0 Å². The van der Waals surface area contributed by atoms with Crippen molar-refractivity contribution in [3.63, 3.8) is 0 Å². The predicted molar refractivity (Wildman–Crippen MR) is 127 cm³/mol. The van der Waals surface area contributed by atoms with Gasteiger partial charge in [0.05, 0.1) is 11.4 Å². The highest BCUT2D eigenvalue weighted by atomic mass is 16.5. The third-order valence-corrected chi connectivity index (χ3v) is 5.27. The Hall–Kier alpha value is -4.12. The average Bonchev–Trinajstić information content (AvgIpc) is 2.77. The number of nitrogens with zero attached hydrogens (tertiary/aromatic N) is 1. The summed E-state index contributed by atoms with van der Waals surface area (Å²) in [5.74, 6) is 1.23. The lowest BCUT2D eigenvalue weighted by atomic mass is 10.1. The van der Waals surface area contributed by atoms with Crippen molar-refractivity contribution in [3.8, 4) is 28.7 Å². The monoisotopic (exact) mass is 427 g/mol. The van der Waals surface area contributed by atoms with Crippen molar-refractivity contribution in [1.82, 2.24) is 0 Å². The van der Waals surface area contributed by atoms with Crippen LogP contribution in [0.2, 0.25) is 0 Å². The highest BCUT2D eigenvalue weighted by molar-refractivity contribution is 5.83. The standard InChI is InChI=1S/C27H25NO4/c1-17-7-13-24(29)22(15-17)28(23-16-18(2)8-14-25(23)30)20-9-11-21(12-10-20)32-26-6-4-5-19(3)27(26)31/h4-16,29-31H,1-3H3. The lowest BCUT2D eigenvalue weighted by Gasteiger charge is -2.27. The molecule has 0 aliphatic carbocycles. The molecule has 0 aromatic heterocycles. The van der Waals surface area contributed by atoms with Gasteiger partial charge in [-0.1, -0.05) is 24.3 Å². The van der Waals surface area contributed by atoms with E-state index < -0.39 is 0 Å². The first kappa shape index (κ1) is 21.1. The number of anilines is 3. The Labute approximate surface area is 187 Å². The summed E-state index contributed by atoms with van der Waals surface area (Å²) in [5, 5.41) is 31.5. The summed E-state index contributed by atoms with van der Waals surface area (Å²) in [6.07, 6.45) is 0. The quantitative estimate of drug-likeness (QED) is 0.320. The molecule has 0 amide bonds. The molecule has 0 spiro atoms. The van der Waals surface area contributed by atoms with Crippen molar-refractivity contribution in [1.29, 1.82) is 0 Å². The van der Waals surface area contributed by atoms with Crippen LogP contribution < -0.4 is 9.64 Å². The molecule has 3 N–H and O–H groups in total. The summed E-state index contributed by atoms with van der Waals surface area (Å²) < 4.78 is 5.85. The second-order valence-corrected chi connectivity index (χ2v) is 7.84. The number of phenolic OH excluding ortho intramolecular Hbond substituents is 3. The summed E-state index contributed by atoms with van der Waals surface area (Å²) in [6, 6.07) is 23.3. The number of benzene rings is 4. The molecule has 0 atom stereocenters. The molecule has 32 heavy (non-hydrogen) atoms. The van der Waals surface area contributed by atoms with Crippen LogP contribution >= 0.6 is 0 Å². The number of aromatic hydroxyl groups is 3. The van der Waals surface area contributed by atoms with Gasteiger partial charge in [0.1, 0.15) is 17.2 Å². The van der Waals surface area contributed by atoms with Crippen LogP contribution in [0.4, 0.5) is 17.1 Å².